The molecule has 0 unspecified atom stereocenters. The zero-order valence-electron chi connectivity index (χ0n) is 20.5. The van der Waals surface area contributed by atoms with E-state index in [-0.39, 0.29) is 17.9 Å². The third-order valence-electron chi connectivity index (χ3n) is 9.15. The standard InChI is InChI=1S/C28H33F3N4O/c29-28(30,31)22-15-20-19-35(10-8-25(20)32-18-22)26(36)27-9-4-5-21(27)16-24(17-27)34-13-11-33(12-14-34)23-6-2-1-3-7-23/h1-3,6-7,15,18,21,24H,4-5,8-14,16-17,19H2/t21-,24-,27-/m1/s1. The van der Waals surface area contributed by atoms with E-state index in [0.29, 0.717) is 36.2 Å². The molecule has 3 heterocycles. The topological polar surface area (TPSA) is 39.7 Å². The maximum absolute atomic E-state index is 14.0. The van der Waals surface area contributed by atoms with E-state index in [1.54, 1.807) is 0 Å². The largest absolute Gasteiger partial charge is 0.417 e. The number of carbonyl (C=O) groups is 1. The van der Waals surface area contributed by atoms with Crippen LogP contribution in [0.15, 0.2) is 42.6 Å². The molecular formula is C28H33F3N4O. The third kappa shape index (κ3) is 4.17. The fourth-order valence-electron chi connectivity index (χ4n) is 7.29. The van der Waals surface area contributed by atoms with Crippen molar-refractivity contribution < 1.29 is 18.0 Å². The van der Waals surface area contributed by atoms with Crippen molar-refractivity contribution in [1.29, 1.82) is 0 Å². The lowest BCUT2D eigenvalue weighted by Crippen LogP contribution is -2.51. The van der Waals surface area contributed by atoms with Gasteiger partial charge in [0, 0.05) is 69.3 Å². The van der Waals surface area contributed by atoms with Crippen LogP contribution in [0, 0.1) is 11.3 Å². The van der Waals surface area contributed by atoms with Crippen molar-refractivity contribution in [1.82, 2.24) is 14.8 Å². The molecule has 2 aliphatic carbocycles. The van der Waals surface area contributed by atoms with Gasteiger partial charge in [0.15, 0.2) is 0 Å². The first-order valence-corrected chi connectivity index (χ1v) is 13.2. The number of piperazine rings is 1. The average molecular weight is 499 g/mol. The van der Waals surface area contributed by atoms with Crippen LogP contribution in [0.1, 0.15) is 48.9 Å². The second-order valence-electron chi connectivity index (χ2n) is 11.0. The van der Waals surface area contributed by atoms with Gasteiger partial charge in [0.1, 0.15) is 0 Å². The third-order valence-corrected chi connectivity index (χ3v) is 9.15. The molecule has 0 radical (unpaired) electrons. The highest BCUT2D eigenvalue weighted by Gasteiger charge is 2.57. The van der Waals surface area contributed by atoms with Crippen molar-refractivity contribution in [3.05, 3.63) is 59.4 Å². The van der Waals surface area contributed by atoms with Crippen LogP contribution < -0.4 is 4.90 Å². The molecule has 2 aromatic rings. The van der Waals surface area contributed by atoms with Crippen LogP contribution in [0.5, 0.6) is 0 Å². The van der Waals surface area contributed by atoms with Crippen molar-refractivity contribution in [3.63, 3.8) is 0 Å². The van der Waals surface area contributed by atoms with Crippen LogP contribution in [-0.2, 0) is 23.9 Å². The predicted octanol–water partition coefficient (Wildman–Crippen LogP) is 4.76. The van der Waals surface area contributed by atoms with Gasteiger partial charge >= 0.3 is 6.18 Å². The molecule has 5 nitrogen and oxygen atoms in total. The highest BCUT2D eigenvalue weighted by Crippen LogP contribution is 2.56. The number of aromatic nitrogens is 1. The molecule has 4 aliphatic rings. The minimum Gasteiger partial charge on any atom is -0.369 e. The molecule has 0 bridgehead atoms. The number of fused-ring (bicyclic) bond motifs is 2. The fraction of sp³-hybridized carbons (Fsp3) is 0.571. The Bertz CT molecular complexity index is 1120. The highest BCUT2D eigenvalue weighted by molar-refractivity contribution is 5.84. The molecule has 2 saturated carbocycles. The van der Waals surface area contributed by atoms with E-state index in [0.717, 1.165) is 64.5 Å². The second-order valence-corrected chi connectivity index (χ2v) is 11.0. The molecule has 36 heavy (non-hydrogen) atoms. The first-order valence-electron chi connectivity index (χ1n) is 13.2. The molecule has 1 aromatic heterocycles. The summed E-state index contributed by atoms with van der Waals surface area (Å²) in [4.78, 5) is 24.9. The molecule has 1 aromatic carbocycles. The zero-order valence-corrected chi connectivity index (χ0v) is 20.5. The number of benzene rings is 1. The summed E-state index contributed by atoms with van der Waals surface area (Å²) in [6.07, 6.45) is 2.00. The summed E-state index contributed by atoms with van der Waals surface area (Å²) in [6, 6.07) is 12.1. The van der Waals surface area contributed by atoms with Gasteiger partial charge in [-0.2, -0.15) is 13.2 Å². The van der Waals surface area contributed by atoms with E-state index >= 15 is 0 Å². The number of nitrogens with zero attached hydrogens (tertiary/aromatic N) is 4. The Balaban J connectivity index is 1.14. The molecule has 1 amide bonds. The summed E-state index contributed by atoms with van der Waals surface area (Å²) in [6.45, 7) is 4.76. The minimum absolute atomic E-state index is 0.165. The van der Waals surface area contributed by atoms with Gasteiger partial charge < -0.3 is 9.80 Å². The number of hydrogen-bond acceptors (Lipinski definition) is 4. The van der Waals surface area contributed by atoms with Crippen molar-refractivity contribution in [2.45, 2.75) is 57.3 Å². The van der Waals surface area contributed by atoms with E-state index in [9.17, 15) is 18.0 Å². The first-order chi connectivity index (χ1) is 17.3. The Hall–Kier alpha value is -2.61. The van der Waals surface area contributed by atoms with Gasteiger partial charge in [-0.15, -0.1) is 0 Å². The Kier molecular flexibility index (Phi) is 5.97. The number of hydrogen-bond donors (Lipinski definition) is 0. The molecule has 6 rings (SSSR count). The molecule has 0 spiro atoms. The lowest BCUT2D eigenvalue weighted by Gasteiger charge is -2.40. The normalized spacial score (nSPS) is 28.8. The van der Waals surface area contributed by atoms with E-state index in [1.807, 2.05) is 11.0 Å². The monoisotopic (exact) mass is 498 g/mol. The first kappa shape index (κ1) is 23.8. The zero-order chi connectivity index (χ0) is 24.9. The number of pyridine rings is 1. The second kappa shape index (κ2) is 9.05. The van der Waals surface area contributed by atoms with Crippen molar-refractivity contribution in [3.8, 4) is 0 Å². The number of amides is 1. The van der Waals surface area contributed by atoms with Crippen LogP contribution in [0.25, 0.3) is 0 Å². The number of rotatable bonds is 3. The number of para-hydroxylation sites is 1. The SMILES string of the molecule is O=C(N1CCc2ncc(C(F)(F)F)cc2C1)[C@@]12CCC[C@@H]1C[C@@H](N1CCN(c3ccccc3)CC1)C2. The van der Waals surface area contributed by atoms with Crippen LogP contribution in [0.3, 0.4) is 0 Å². The maximum Gasteiger partial charge on any atom is 0.417 e. The summed E-state index contributed by atoms with van der Waals surface area (Å²) in [5.74, 6) is 0.543. The Labute approximate surface area is 210 Å². The summed E-state index contributed by atoms with van der Waals surface area (Å²) in [5.41, 5.74) is 1.41. The van der Waals surface area contributed by atoms with E-state index in [1.165, 1.54) is 11.8 Å². The Morgan fingerprint density at radius 1 is 1.06 bits per heavy atom. The number of anilines is 1. The van der Waals surface area contributed by atoms with Gasteiger partial charge in [0.25, 0.3) is 0 Å². The summed E-state index contributed by atoms with van der Waals surface area (Å²) in [5, 5.41) is 0. The maximum atomic E-state index is 14.0. The lowest BCUT2D eigenvalue weighted by atomic mass is 9.78. The number of alkyl halides is 3. The van der Waals surface area contributed by atoms with Gasteiger partial charge in [-0.3, -0.25) is 14.7 Å². The van der Waals surface area contributed by atoms with Crippen LogP contribution >= 0.6 is 0 Å². The lowest BCUT2D eigenvalue weighted by molar-refractivity contribution is -0.144. The van der Waals surface area contributed by atoms with E-state index in [2.05, 4.69) is 39.0 Å². The summed E-state index contributed by atoms with van der Waals surface area (Å²) >= 11 is 0. The minimum atomic E-state index is -4.42. The van der Waals surface area contributed by atoms with Gasteiger partial charge in [-0.05, 0) is 55.4 Å². The molecule has 2 aliphatic heterocycles. The van der Waals surface area contributed by atoms with E-state index < -0.39 is 11.7 Å². The molecule has 0 N–H and O–H groups in total. The van der Waals surface area contributed by atoms with Gasteiger partial charge in [-0.1, -0.05) is 24.6 Å². The van der Waals surface area contributed by atoms with Gasteiger partial charge in [-0.25, -0.2) is 0 Å². The quantitative estimate of drug-likeness (QED) is 0.612. The highest BCUT2D eigenvalue weighted by atomic mass is 19.4. The molecule has 3 fully saturated rings. The number of halogens is 3. The molecule has 8 heteroatoms. The van der Waals surface area contributed by atoms with Crippen LogP contribution in [0.4, 0.5) is 18.9 Å². The molecule has 192 valence electrons. The van der Waals surface area contributed by atoms with Crippen LogP contribution in [0.2, 0.25) is 0 Å². The van der Waals surface area contributed by atoms with Crippen molar-refractivity contribution >= 4 is 11.6 Å². The fourth-order valence-corrected chi connectivity index (χ4v) is 7.29. The molecular weight excluding hydrogens is 465 g/mol. The summed E-state index contributed by atoms with van der Waals surface area (Å²) in [7, 11) is 0. The number of carbonyl (C=O) groups excluding carboxylic acids is 1. The molecule has 3 atom stereocenters. The Morgan fingerprint density at radius 2 is 1.83 bits per heavy atom. The van der Waals surface area contributed by atoms with Crippen LogP contribution in [-0.4, -0.2) is 59.5 Å². The predicted molar refractivity (Wildman–Crippen MR) is 131 cm³/mol. The Morgan fingerprint density at radius 3 is 2.58 bits per heavy atom. The van der Waals surface area contributed by atoms with Crippen molar-refractivity contribution in [2.24, 2.45) is 11.3 Å². The van der Waals surface area contributed by atoms with Crippen molar-refractivity contribution in [2.75, 3.05) is 37.6 Å². The van der Waals surface area contributed by atoms with Gasteiger partial charge in [0.2, 0.25) is 5.91 Å². The average Bonchev–Trinajstić information content (AvgIpc) is 3.46. The smallest absolute Gasteiger partial charge is 0.369 e. The molecule has 1 saturated heterocycles. The summed E-state index contributed by atoms with van der Waals surface area (Å²) < 4.78 is 39.7. The van der Waals surface area contributed by atoms with Gasteiger partial charge in [0.05, 0.1) is 11.0 Å². The van der Waals surface area contributed by atoms with E-state index in [4.69, 9.17) is 0 Å².